The van der Waals surface area contributed by atoms with Crippen LogP contribution in [0.25, 0.3) is 0 Å². The Hall–Kier alpha value is -2.64. The number of anilines is 1. The van der Waals surface area contributed by atoms with Gasteiger partial charge in [-0.1, -0.05) is 48.9 Å². The number of hydrogen-bond acceptors (Lipinski definition) is 3. The quantitative estimate of drug-likeness (QED) is 0.442. The molecule has 0 saturated carbocycles. The molecule has 0 aliphatic heterocycles. The molecule has 0 spiro atoms. The number of hydrazine groups is 1. The molecule has 0 aliphatic rings. The lowest BCUT2D eigenvalue weighted by Crippen LogP contribution is -2.52. The minimum absolute atomic E-state index is 0.252. The van der Waals surface area contributed by atoms with Crippen molar-refractivity contribution in [3.63, 3.8) is 0 Å². The molecule has 0 aromatic heterocycles. The van der Waals surface area contributed by atoms with E-state index in [9.17, 15) is 9.59 Å². The maximum Gasteiger partial charge on any atom is 0.260 e. The van der Waals surface area contributed by atoms with Crippen molar-refractivity contribution in [1.29, 1.82) is 0 Å². The summed E-state index contributed by atoms with van der Waals surface area (Å²) in [7, 11) is 0. The summed E-state index contributed by atoms with van der Waals surface area (Å²) in [5, 5.41) is 6.27. The molecule has 0 unspecified atom stereocenters. The predicted octanol–water partition coefficient (Wildman–Crippen LogP) is 3.35. The highest BCUT2D eigenvalue weighted by Gasteiger charge is 2.18. The molecule has 0 aliphatic carbocycles. The molecule has 2 aromatic carbocycles. The van der Waals surface area contributed by atoms with Crippen LogP contribution in [-0.4, -0.2) is 23.0 Å². The van der Waals surface area contributed by atoms with Crippen molar-refractivity contribution in [3.05, 3.63) is 64.2 Å². The van der Waals surface area contributed by atoms with Crippen molar-refractivity contribution < 1.29 is 9.59 Å². The SMILES string of the molecule is CCc1cccc(C)c1NC(=S)NNC(=O)[C@H](C)NC(=O)c1ccccc1Cl. The molecule has 8 heteroatoms. The lowest BCUT2D eigenvalue weighted by Gasteiger charge is -2.18. The van der Waals surface area contributed by atoms with Gasteiger partial charge in [0.25, 0.3) is 11.8 Å². The van der Waals surface area contributed by atoms with Crippen LogP contribution in [-0.2, 0) is 11.2 Å². The number of rotatable bonds is 5. The van der Waals surface area contributed by atoms with Gasteiger partial charge >= 0.3 is 0 Å². The van der Waals surface area contributed by atoms with Crippen LogP contribution in [0.1, 0.15) is 35.3 Å². The van der Waals surface area contributed by atoms with Gasteiger partial charge in [0.15, 0.2) is 5.11 Å². The number of hydrogen-bond donors (Lipinski definition) is 4. The summed E-state index contributed by atoms with van der Waals surface area (Å²) in [5.74, 6) is -0.869. The lowest BCUT2D eigenvalue weighted by molar-refractivity contribution is -0.123. The van der Waals surface area contributed by atoms with E-state index in [-0.39, 0.29) is 5.11 Å². The third-order valence-corrected chi connectivity index (χ3v) is 4.67. The maximum atomic E-state index is 12.2. The molecule has 28 heavy (non-hydrogen) atoms. The first-order valence-corrected chi connectivity index (χ1v) is 9.62. The Bertz CT molecular complexity index is 888. The fraction of sp³-hybridized carbons (Fsp3) is 0.250. The van der Waals surface area contributed by atoms with E-state index >= 15 is 0 Å². The van der Waals surface area contributed by atoms with Crippen LogP contribution in [0, 0.1) is 6.92 Å². The van der Waals surface area contributed by atoms with Crippen LogP contribution in [0.3, 0.4) is 0 Å². The Labute approximate surface area is 175 Å². The number of carbonyl (C=O) groups is 2. The fourth-order valence-corrected chi connectivity index (χ4v) is 2.93. The van der Waals surface area contributed by atoms with Crippen LogP contribution < -0.4 is 21.5 Å². The number of benzene rings is 2. The highest BCUT2D eigenvalue weighted by atomic mass is 35.5. The van der Waals surface area contributed by atoms with Crippen molar-refractivity contribution in [2.45, 2.75) is 33.2 Å². The lowest BCUT2D eigenvalue weighted by atomic mass is 10.1. The molecule has 0 heterocycles. The van der Waals surface area contributed by atoms with Crippen molar-refractivity contribution in [1.82, 2.24) is 16.2 Å². The number of thiocarbonyl (C=S) groups is 1. The van der Waals surface area contributed by atoms with Gasteiger partial charge in [0.05, 0.1) is 10.6 Å². The van der Waals surface area contributed by atoms with Crippen molar-refractivity contribution in [2.75, 3.05) is 5.32 Å². The topological polar surface area (TPSA) is 82.3 Å². The summed E-state index contributed by atoms with van der Waals surface area (Å²) in [6, 6.07) is 11.8. The third kappa shape index (κ3) is 5.68. The summed E-state index contributed by atoms with van der Waals surface area (Å²) in [6.07, 6.45) is 0.851. The van der Waals surface area contributed by atoms with Crippen LogP contribution in [0.5, 0.6) is 0 Å². The number of carbonyl (C=O) groups excluding carboxylic acids is 2. The summed E-state index contributed by atoms with van der Waals surface area (Å²) in [4.78, 5) is 24.5. The van der Waals surface area contributed by atoms with Crippen molar-refractivity contribution in [2.24, 2.45) is 0 Å². The first-order chi connectivity index (χ1) is 13.3. The highest BCUT2D eigenvalue weighted by Crippen LogP contribution is 2.20. The minimum Gasteiger partial charge on any atom is -0.340 e. The van der Waals surface area contributed by atoms with Gasteiger partial charge in [0.1, 0.15) is 6.04 Å². The number of amides is 2. The first kappa shape index (κ1) is 21.7. The maximum absolute atomic E-state index is 12.2. The average Bonchev–Trinajstić information content (AvgIpc) is 2.67. The van der Waals surface area contributed by atoms with Gasteiger partial charge in [0.2, 0.25) is 0 Å². The van der Waals surface area contributed by atoms with E-state index in [0.717, 1.165) is 23.2 Å². The summed E-state index contributed by atoms with van der Waals surface area (Å²) >= 11 is 11.2. The molecule has 0 fully saturated rings. The van der Waals surface area contributed by atoms with E-state index in [0.29, 0.717) is 10.6 Å². The van der Waals surface area contributed by atoms with Gasteiger partial charge in [-0.25, -0.2) is 0 Å². The number of para-hydroxylation sites is 1. The number of nitrogens with one attached hydrogen (secondary N) is 4. The largest absolute Gasteiger partial charge is 0.340 e. The minimum atomic E-state index is -0.788. The molecule has 148 valence electrons. The highest BCUT2D eigenvalue weighted by molar-refractivity contribution is 7.80. The van der Waals surface area contributed by atoms with E-state index in [1.807, 2.05) is 25.1 Å². The van der Waals surface area contributed by atoms with Gasteiger partial charge in [-0.3, -0.25) is 20.4 Å². The summed E-state index contributed by atoms with van der Waals surface area (Å²) in [5.41, 5.74) is 8.54. The zero-order valence-electron chi connectivity index (χ0n) is 15.9. The predicted molar refractivity (Wildman–Crippen MR) is 116 cm³/mol. The van der Waals surface area contributed by atoms with Gasteiger partial charge in [0, 0.05) is 5.69 Å². The zero-order chi connectivity index (χ0) is 20.7. The van der Waals surface area contributed by atoms with Gasteiger partial charge in [-0.15, -0.1) is 0 Å². The fourth-order valence-electron chi connectivity index (χ4n) is 2.56. The molecule has 0 bridgehead atoms. The van der Waals surface area contributed by atoms with Crippen molar-refractivity contribution in [3.8, 4) is 0 Å². The molecule has 0 saturated heterocycles. The molecule has 2 aromatic rings. The summed E-state index contributed by atoms with van der Waals surface area (Å²) in [6.45, 7) is 5.61. The van der Waals surface area contributed by atoms with E-state index in [2.05, 4.69) is 28.4 Å². The Kier molecular flexibility index (Phi) is 7.78. The van der Waals surface area contributed by atoms with Gasteiger partial charge in [-0.2, -0.15) is 0 Å². The van der Waals surface area contributed by atoms with E-state index in [1.54, 1.807) is 31.2 Å². The van der Waals surface area contributed by atoms with Gasteiger partial charge in [-0.05, 0) is 55.7 Å². The molecule has 2 amide bonds. The Balaban J connectivity index is 1.88. The van der Waals surface area contributed by atoms with Crippen LogP contribution in [0.2, 0.25) is 5.02 Å². The number of halogens is 1. The molecular formula is C20H23ClN4O2S. The summed E-state index contributed by atoms with van der Waals surface area (Å²) < 4.78 is 0. The Morgan fingerprint density at radius 2 is 1.82 bits per heavy atom. The van der Waals surface area contributed by atoms with Crippen LogP contribution in [0.4, 0.5) is 5.69 Å². The van der Waals surface area contributed by atoms with E-state index in [4.69, 9.17) is 23.8 Å². The molecule has 4 N–H and O–H groups in total. The Morgan fingerprint density at radius 3 is 2.50 bits per heavy atom. The Morgan fingerprint density at radius 1 is 1.11 bits per heavy atom. The second kappa shape index (κ2) is 10.1. The second-order valence-electron chi connectivity index (χ2n) is 6.21. The molecule has 2 rings (SSSR count). The molecule has 0 radical (unpaired) electrons. The van der Waals surface area contributed by atoms with Crippen molar-refractivity contribution >= 4 is 46.4 Å². The molecule has 1 atom stereocenters. The zero-order valence-corrected chi connectivity index (χ0v) is 17.5. The molecule has 6 nitrogen and oxygen atoms in total. The van der Waals surface area contributed by atoms with Crippen LogP contribution in [0.15, 0.2) is 42.5 Å². The molecular weight excluding hydrogens is 396 g/mol. The van der Waals surface area contributed by atoms with Crippen LogP contribution >= 0.6 is 23.8 Å². The van der Waals surface area contributed by atoms with E-state index in [1.165, 1.54) is 0 Å². The normalized spacial score (nSPS) is 11.3. The third-order valence-electron chi connectivity index (χ3n) is 4.14. The smallest absolute Gasteiger partial charge is 0.260 e. The number of aryl methyl sites for hydroxylation is 2. The first-order valence-electron chi connectivity index (χ1n) is 8.84. The monoisotopic (exact) mass is 418 g/mol. The standard InChI is InChI=1S/C20H23ClN4O2S/c1-4-14-9-7-8-12(2)17(14)23-20(28)25-24-18(26)13(3)22-19(27)15-10-5-6-11-16(15)21/h5-11,13H,4H2,1-3H3,(H,22,27)(H,24,26)(H2,23,25,28)/t13-/m0/s1. The van der Waals surface area contributed by atoms with Gasteiger partial charge < -0.3 is 10.6 Å². The second-order valence-corrected chi connectivity index (χ2v) is 7.02. The average molecular weight is 419 g/mol. The van der Waals surface area contributed by atoms with E-state index < -0.39 is 17.9 Å².